The Hall–Kier alpha value is -0.930. The fraction of sp³-hybridized carbons (Fsp3) is 0.500. The first-order valence-corrected chi connectivity index (χ1v) is 5.38. The molecule has 0 atom stereocenters. The van der Waals surface area contributed by atoms with Crippen molar-refractivity contribution in [1.29, 1.82) is 0 Å². The van der Waals surface area contributed by atoms with Crippen LogP contribution in [0.2, 0.25) is 0 Å². The lowest BCUT2D eigenvalue weighted by Gasteiger charge is -2.16. The van der Waals surface area contributed by atoms with Crippen molar-refractivity contribution in [2.24, 2.45) is 5.73 Å². The number of benzene rings is 1. The largest absolute Gasteiger partial charge is 0.326 e. The second-order valence-corrected chi connectivity index (χ2v) is 4.28. The Bertz CT molecular complexity index is 347. The second kappa shape index (κ2) is 4.29. The van der Waals surface area contributed by atoms with Gasteiger partial charge in [-0.2, -0.15) is 0 Å². The van der Waals surface area contributed by atoms with Crippen LogP contribution in [0.25, 0.3) is 0 Å². The smallest absolute Gasteiger partial charge is 0.128 e. The highest BCUT2D eigenvalue weighted by Crippen LogP contribution is 2.27. The van der Waals surface area contributed by atoms with E-state index < -0.39 is 0 Å². The van der Waals surface area contributed by atoms with Gasteiger partial charge in [0.2, 0.25) is 0 Å². The molecule has 82 valence electrons. The van der Waals surface area contributed by atoms with Crippen molar-refractivity contribution in [3.8, 4) is 0 Å². The predicted octanol–water partition coefficient (Wildman–Crippen LogP) is 1.88. The first kappa shape index (κ1) is 10.6. The molecule has 3 heteroatoms. The molecule has 1 aromatic rings. The summed E-state index contributed by atoms with van der Waals surface area (Å²) in [5.74, 6) is -0.134. The zero-order valence-electron chi connectivity index (χ0n) is 9.04. The second-order valence-electron chi connectivity index (χ2n) is 4.28. The van der Waals surface area contributed by atoms with Crippen LogP contribution in [-0.2, 0) is 13.1 Å². The average molecular weight is 208 g/mol. The highest BCUT2D eigenvalue weighted by atomic mass is 19.1. The minimum Gasteiger partial charge on any atom is -0.326 e. The van der Waals surface area contributed by atoms with Crippen molar-refractivity contribution >= 4 is 0 Å². The van der Waals surface area contributed by atoms with Crippen molar-refractivity contribution < 1.29 is 4.39 Å². The quantitative estimate of drug-likeness (QED) is 0.818. The molecule has 2 nitrogen and oxygen atoms in total. The van der Waals surface area contributed by atoms with Crippen LogP contribution in [0.4, 0.5) is 4.39 Å². The molecular weight excluding hydrogens is 191 g/mol. The van der Waals surface area contributed by atoms with Gasteiger partial charge in [-0.25, -0.2) is 4.39 Å². The zero-order valence-corrected chi connectivity index (χ0v) is 9.04. The van der Waals surface area contributed by atoms with Gasteiger partial charge in [0.15, 0.2) is 0 Å². The van der Waals surface area contributed by atoms with Gasteiger partial charge in [-0.1, -0.05) is 12.1 Å². The third kappa shape index (κ3) is 2.55. The van der Waals surface area contributed by atoms with Crippen molar-refractivity contribution in [3.05, 3.63) is 35.1 Å². The van der Waals surface area contributed by atoms with Gasteiger partial charge in [-0.3, -0.25) is 4.90 Å². The summed E-state index contributed by atoms with van der Waals surface area (Å²) in [5, 5.41) is 0. The fourth-order valence-electron chi connectivity index (χ4n) is 1.76. The molecule has 15 heavy (non-hydrogen) atoms. The molecule has 1 aliphatic rings. The van der Waals surface area contributed by atoms with Gasteiger partial charge in [0.05, 0.1) is 0 Å². The van der Waals surface area contributed by atoms with Gasteiger partial charge in [-0.05, 0) is 31.5 Å². The normalized spacial score (nSPS) is 16.0. The average Bonchev–Trinajstić information content (AvgIpc) is 3.04. The number of nitrogens with two attached hydrogens (primary N) is 1. The summed E-state index contributed by atoms with van der Waals surface area (Å²) in [7, 11) is 2.05. The van der Waals surface area contributed by atoms with E-state index in [1.165, 1.54) is 18.9 Å². The minimum atomic E-state index is -0.134. The van der Waals surface area contributed by atoms with E-state index in [9.17, 15) is 4.39 Å². The summed E-state index contributed by atoms with van der Waals surface area (Å²) in [4.78, 5) is 2.21. The Morgan fingerprint density at radius 3 is 2.73 bits per heavy atom. The van der Waals surface area contributed by atoms with Crippen LogP contribution in [0, 0.1) is 5.82 Å². The molecule has 1 fully saturated rings. The van der Waals surface area contributed by atoms with Crippen LogP contribution >= 0.6 is 0 Å². The summed E-state index contributed by atoms with van der Waals surface area (Å²) in [5.41, 5.74) is 7.07. The molecule has 0 saturated heterocycles. The number of hydrogen-bond acceptors (Lipinski definition) is 2. The van der Waals surface area contributed by atoms with Crippen LogP contribution < -0.4 is 5.73 Å². The lowest BCUT2D eigenvalue weighted by molar-refractivity contribution is 0.311. The number of rotatable bonds is 4. The Kier molecular flexibility index (Phi) is 3.03. The van der Waals surface area contributed by atoms with Crippen molar-refractivity contribution in [2.45, 2.75) is 32.0 Å². The van der Waals surface area contributed by atoms with E-state index in [0.29, 0.717) is 19.1 Å². The third-order valence-electron chi connectivity index (χ3n) is 2.94. The number of nitrogens with zero attached hydrogens (tertiary/aromatic N) is 1. The van der Waals surface area contributed by atoms with Gasteiger partial charge >= 0.3 is 0 Å². The van der Waals surface area contributed by atoms with Crippen LogP contribution in [0.3, 0.4) is 0 Å². The van der Waals surface area contributed by atoms with E-state index in [-0.39, 0.29) is 5.82 Å². The minimum absolute atomic E-state index is 0.134. The molecule has 2 rings (SSSR count). The van der Waals surface area contributed by atoms with E-state index in [2.05, 4.69) is 4.90 Å². The van der Waals surface area contributed by atoms with Crippen LogP contribution in [0.1, 0.15) is 24.0 Å². The molecular formula is C12H17FN2. The van der Waals surface area contributed by atoms with Crippen LogP contribution in [-0.4, -0.2) is 18.0 Å². The third-order valence-corrected chi connectivity index (χ3v) is 2.94. The van der Waals surface area contributed by atoms with Gasteiger partial charge < -0.3 is 5.73 Å². The van der Waals surface area contributed by atoms with E-state index in [1.54, 1.807) is 0 Å². The van der Waals surface area contributed by atoms with Gasteiger partial charge in [-0.15, -0.1) is 0 Å². The Labute approximate surface area is 89.9 Å². The van der Waals surface area contributed by atoms with E-state index in [4.69, 9.17) is 5.73 Å². The molecule has 0 unspecified atom stereocenters. The van der Waals surface area contributed by atoms with Crippen LogP contribution in [0.15, 0.2) is 18.2 Å². The topological polar surface area (TPSA) is 29.3 Å². The summed E-state index contributed by atoms with van der Waals surface area (Å²) in [6.07, 6.45) is 2.50. The SMILES string of the molecule is CN(Cc1ccc(CN)cc1F)C1CC1. The standard InChI is InChI=1S/C12H17FN2/c1-15(11-4-5-11)8-10-3-2-9(7-14)6-12(10)13/h2-3,6,11H,4-5,7-8,14H2,1H3. The van der Waals surface area contributed by atoms with Gasteiger partial charge in [0.1, 0.15) is 5.82 Å². The van der Waals surface area contributed by atoms with E-state index in [0.717, 1.165) is 11.1 Å². The van der Waals surface area contributed by atoms with E-state index in [1.807, 2.05) is 19.2 Å². The molecule has 1 saturated carbocycles. The molecule has 1 aromatic carbocycles. The maximum Gasteiger partial charge on any atom is 0.128 e. The van der Waals surface area contributed by atoms with Crippen molar-refractivity contribution in [1.82, 2.24) is 4.90 Å². The highest BCUT2D eigenvalue weighted by Gasteiger charge is 2.26. The predicted molar refractivity (Wildman–Crippen MR) is 58.8 cm³/mol. The highest BCUT2D eigenvalue weighted by molar-refractivity contribution is 5.24. The molecule has 0 aliphatic heterocycles. The Morgan fingerprint density at radius 2 is 2.20 bits per heavy atom. The molecule has 0 bridgehead atoms. The maximum atomic E-state index is 13.6. The summed E-state index contributed by atoms with van der Waals surface area (Å²) in [6.45, 7) is 1.09. The first-order chi connectivity index (χ1) is 7.20. The van der Waals surface area contributed by atoms with Crippen LogP contribution in [0.5, 0.6) is 0 Å². The molecule has 0 heterocycles. The van der Waals surface area contributed by atoms with Gasteiger partial charge in [0, 0.05) is 24.7 Å². The van der Waals surface area contributed by atoms with Crippen molar-refractivity contribution in [3.63, 3.8) is 0 Å². The molecule has 2 N–H and O–H groups in total. The maximum absolute atomic E-state index is 13.6. The molecule has 0 amide bonds. The fourth-order valence-corrected chi connectivity index (χ4v) is 1.76. The summed E-state index contributed by atoms with van der Waals surface area (Å²) in [6, 6.07) is 5.95. The molecule has 1 aliphatic carbocycles. The zero-order chi connectivity index (χ0) is 10.8. The Balaban J connectivity index is 2.07. The molecule has 0 radical (unpaired) electrons. The first-order valence-electron chi connectivity index (χ1n) is 5.38. The number of hydrogen-bond donors (Lipinski definition) is 1. The monoisotopic (exact) mass is 208 g/mol. The van der Waals surface area contributed by atoms with E-state index >= 15 is 0 Å². The number of halogens is 1. The molecule has 0 aromatic heterocycles. The Morgan fingerprint density at radius 1 is 1.47 bits per heavy atom. The summed E-state index contributed by atoms with van der Waals surface area (Å²) >= 11 is 0. The van der Waals surface area contributed by atoms with Crippen molar-refractivity contribution in [2.75, 3.05) is 7.05 Å². The summed E-state index contributed by atoms with van der Waals surface area (Å²) < 4.78 is 13.6. The molecule has 0 spiro atoms. The lowest BCUT2D eigenvalue weighted by Crippen LogP contribution is -2.20. The van der Waals surface area contributed by atoms with Gasteiger partial charge in [0.25, 0.3) is 0 Å². The lowest BCUT2D eigenvalue weighted by atomic mass is 10.1.